The molecule has 1 aliphatic heterocycles. The summed E-state index contributed by atoms with van der Waals surface area (Å²) in [5.74, 6) is -0.830. The quantitative estimate of drug-likeness (QED) is 0.402. The third kappa shape index (κ3) is 4.49. The lowest BCUT2D eigenvalue weighted by atomic mass is 10.1. The van der Waals surface area contributed by atoms with Crippen molar-refractivity contribution in [2.75, 3.05) is 36.4 Å². The van der Waals surface area contributed by atoms with Gasteiger partial charge >= 0.3 is 6.03 Å². The topological polar surface area (TPSA) is 128 Å². The van der Waals surface area contributed by atoms with E-state index in [0.717, 1.165) is 22.9 Å². The zero-order valence-corrected chi connectivity index (χ0v) is 16.7. The summed E-state index contributed by atoms with van der Waals surface area (Å²) < 4.78 is 0. The monoisotopic (exact) mass is 413 g/mol. The van der Waals surface area contributed by atoms with Gasteiger partial charge in [0.25, 0.3) is 11.6 Å². The van der Waals surface area contributed by atoms with Crippen LogP contribution in [0.3, 0.4) is 0 Å². The van der Waals surface area contributed by atoms with Gasteiger partial charge in [0.1, 0.15) is 0 Å². The Morgan fingerprint density at radius 1 is 1.07 bits per heavy atom. The molecule has 0 spiro atoms. The Morgan fingerprint density at radius 2 is 1.77 bits per heavy atom. The van der Waals surface area contributed by atoms with Gasteiger partial charge < -0.3 is 15.1 Å². The first-order chi connectivity index (χ1) is 14.3. The van der Waals surface area contributed by atoms with Crippen molar-refractivity contribution < 1.29 is 19.7 Å². The maximum Gasteiger partial charge on any atom is 0.321 e. The second-order valence-electron chi connectivity index (χ2n) is 7.12. The second-order valence-corrected chi connectivity index (χ2v) is 7.12. The Bertz CT molecular complexity index is 986. The molecule has 10 nitrogen and oxygen atoms in total. The molecule has 1 heterocycles. The summed E-state index contributed by atoms with van der Waals surface area (Å²) in [5.41, 5.74) is 4.59. The summed E-state index contributed by atoms with van der Waals surface area (Å²) in [4.78, 5) is 38.5. The highest BCUT2D eigenvalue weighted by molar-refractivity contribution is 6.00. The standard InChI is InChI=1S/C20H23N5O5/c1-13-3-5-17(14(2)11-13)21-20(27)24-9-7-23(8-10-24)18-6-4-15(25(29)30)12-16(18)19(26)22-28/h3-6,11-12,28H,7-10H2,1-2H3,(H,21,27)(H,22,26). The van der Waals surface area contributed by atoms with E-state index in [1.54, 1.807) is 4.90 Å². The van der Waals surface area contributed by atoms with Crippen LogP contribution in [0.1, 0.15) is 21.5 Å². The van der Waals surface area contributed by atoms with Gasteiger partial charge in [-0.3, -0.25) is 20.1 Å². The van der Waals surface area contributed by atoms with Gasteiger partial charge in [-0.15, -0.1) is 0 Å². The molecule has 30 heavy (non-hydrogen) atoms. The van der Waals surface area contributed by atoms with Crippen LogP contribution in [0.25, 0.3) is 0 Å². The van der Waals surface area contributed by atoms with Crippen molar-refractivity contribution in [3.63, 3.8) is 0 Å². The van der Waals surface area contributed by atoms with Crippen LogP contribution in [0.5, 0.6) is 0 Å². The molecule has 158 valence electrons. The number of hydrogen-bond donors (Lipinski definition) is 3. The molecule has 2 aromatic rings. The zero-order valence-electron chi connectivity index (χ0n) is 16.7. The number of hydrogen-bond acceptors (Lipinski definition) is 6. The lowest BCUT2D eigenvalue weighted by Gasteiger charge is -2.36. The van der Waals surface area contributed by atoms with E-state index in [0.29, 0.717) is 31.9 Å². The number of nitro groups is 1. The largest absolute Gasteiger partial charge is 0.367 e. The van der Waals surface area contributed by atoms with E-state index in [-0.39, 0.29) is 17.3 Å². The molecular weight excluding hydrogens is 390 g/mol. The first kappa shape index (κ1) is 21.1. The van der Waals surface area contributed by atoms with Crippen molar-refractivity contribution in [2.45, 2.75) is 13.8 Å². The van der Waals surface area contributed by atoms with Gasteiger partial charge in [0.15, 0.2) is 0 Å². The van der Waals surface area contributed by atoms with Gasteiger partial charge in [-0.1, -0.05) is 17.7 Å². The highest BCUT2D eigenvalue weighted by Crippen LogP contribution is 2.27. The molecule has 3 amide bonds. The number of amides is 3. The third-order valence-corrected chi connectivity index (χ3v) is 5.07. The van der Waals surface area contributed by atoms with Crippen LogP contribution in [0.2, 0.25) is 0 Å². The van der Waals surface area contributed by atoms with E-state index in [2.05, 4.69) is 5.32 Å². The molecule has 0 aliphatic carbocycles. The number of nitro benzene ring substituents is 1. The number of urea groups is 1. The molecule has 0 bridgehead atoms. The van der Waals surface area contributed by atoms with Crippen LogP contribution in [0.15, 0.2) is 36.4 Å². The van der Waals surface area contributed by atoms with Crippen LogP contribution in [-0.4, -0.2) is 53.1 Å². The van der Waals surface area contributed by atoms with Crippen LogP contribution < -0.4 is 15.7 Å². The van der Waals surface area contributed by atoms with E-state index < -0.39 is 10.8 Å². The fraction of sp³-hybridized carbons (Fsp3) is 0.300. The highest BCUT2D eigenvalue weighted by atomic mass is 16.6. The number of piperazine rings is 1. The zero-order chi connectivity index (χ0) is 21.8. The summed E-state index contributed by atoms with van der Waals surface area (Å²) in [6.07, 6.45) is 0. The van der Waals surface area contributed by atoms with Gasteiger partial charge in [-0.2, -0.15) is 0 Å². The lowest BCUT2D eigenvalue weighted by molar-refractivity contribution is -0.384. The van der Waals surface area contributed by atoms with Crippen LogP contribution >= 0.6 is 0 Å². The van der Waals surface area contributed by atoms with Crippen LogP contribution in [-0.2, 0) is 0 Å². The Kier molecular flexibility index (Phi) is 6.17. The molecule has 3 rings (SSSR count). The summed E-state index contributed by atoms with van der Waals surface area (Å²) in [6.45, 7) is 5.61. The predicted molar refractivity (Wildman–Crippen MR) is 111 cm³/mol. The number of anilines is 2. The number of aryl methyl sites for hydroxylation is 2. The van der Waals surface area contributed by atoms with E-state index in [1.165, 1.54) is 17.6 Å². The van der Waals surface area contributed by atoms with Crippen LogP contribution in [0.4, 0.5) is 21.9 Å². The molecule has 1 aliphatic rings. The predicted octanol–water partition coefficient (Wildman–Crippen LogP) is 2.68. The Labute approximate surface area is 173 Å². The van der Waals surface area contributed by atoms with E-state index in [9.17, 15) is 19.7 Å². The summed E-state index contributed by atoms with van der Waals surface area (Å²) >= 11 is 0. The number of carbonyl (C=O) groups is 2. The molecule has 1 fully saturated rings. The van der Waals surface area contributed by atoms with Crippen molar-refractivity contribution >= 4 is 29.0 Å². The van der Waals surface area contributed by atoms with Crippen molar-refractivity contribution in [3.8, 4) is 0 Å². The summed E-state index contributed by atoms with van der Waals surface area (Å²) in [5, 5.41) is 22.9. The molecule has 2 aromatic carbocycles. The maximum absolute atomic E-state index is 12.6. The van der Waals surface area contributed by atoms with Crippen molar-refractivity contribution in [1.29, 1.82) is 0 Å². The number of nitrogens with one attached hydrogen (secondary N) is 2. The van der Waals surface area contributed by atoms with E-state index >= 15 is 0 Å². The second kappa shape index (κ2) is 8.78. The number of nitrogens with zero attached hydrogens (tertiary/aromatic N) is 3. The first-order valence-corrected chi connectivity index (χ1v) is 9.41. The average molecular weight is 413 g/mol. The summed E-state index contributed by atoms with van der Waals surface area (Å²) in [7, 11) is 0. The minimum atomic E-state index is -0.830. The van der Waals surface area contributed by atoms with Gasteiger partial charge in [0, 0.05) is 44.0 Å². The molecule has 3 N–H and O–H groups in total. The van der Waals surface area contributed by atoms with E-state index in [1.807, 2.05) is 36.9 Å². The smallest absolute Gasteiger partial charge is 0.321 e. The minimum absolute atomic E-state index is 0.000110. The number of hydroxylamine groups is 1. The van der Waals surface area contributed by atoms with Crippen LogP contribution in [0, 0.1) is 24.0 Å². The van der Waals surface area contributed by atoms with Crippen molar-refractivity contribution in [1.82, 2.24) is 10.4 Å². The molecular formula is C20H23N5O5. The maximum atomic E-state index is 12.6. The van der Waals surface area contributed by atoms with Gasteiger partial charge in [0.2, 0.25) is 0 Å². The summed E-state index contributed by atoms with van der Waals surface area (Å²) in [6, 6.07) is 9.50. The molecule has 0 radical (unpaired) electrons. The average Bonchev–Trinajstić information content (AvgIpc) is 2.74. The minimum Gasteiger partial charge on any atom is -0.367 e. The first-order valence-electron chi connectivity index (χ1n) is 9.41. The Morgan fingerprint density at radius 3 is 2.37 bits per heavy atom. The number of rotatable bonds is 4. The van der Waals surface area contributed by atoms with Gasteiger partial charge in [0.05, 0.1) is 16.2 Å². The fourth-order valence-electron chi connectivity index (χ4n) is 3.45. The lowest BCUT2D eigenvalue weighted by Crippen LogP contribution is -2.50. The number of carbonyl (C=O) groups excluding carboxylic acids is 2. The Balaban J connectivity index is 1.70. The van der Waals surface area contributed by atoms with Gasteiger partial charge in [-0.25, -0.2) is 10.3 Å². The Hall–Kier alpha value is -3.66. The fourth-order valence-corrected chi connectivity index (χ4v) is 3.45. The molecule has 1 saturated heterocycles. The molecule has 0 unspecified atom stereocenters. The normalized spacial score (nSPS) is 13.7. The van der Waals surface area contributed by atoms with Gasteiger partial charge in [-0.05, 0) is 31.5 Å². The molecule has 10 heteroatoms. The molecule has 0 saturated carbocycles. The third-order valence-electron chi connectivity index (χ3n) is 5.07. The highest BCUT2D eigenvalue weighted by Gasteiger charge is 2.26. The number of benzene rings is 2. The SMILES string of the molecule is Cc1ccc(NC(=O)N2CCN(c3ccc([N+](=O)[O-])cc3C(=O)NO)CC2)c(C)c1. The molecule has 0 atom stereocenters. The molecule has 0 aromatic heterocycles. The number of non-ortho nitro benzene ring substituents is 1. The van der Waals surface area contributed by atoms with Crippen molar-refractivity contribution in [2.24, 2.45) is 0 Å². The van der Waals surface area contributed by atoms with E-state index in [4.69, 9.17) is 5.21 Å². The van der Waals surface area contributed by atoms with Crippen molar-refractivity contribution in [3.05, 3.63) is 63.2 Å².